The van der Waals surface area contributed by atoms with Crippen LogP contribution in [0.5, 0.6) is 0 Å². The lowest BCUT2D eigenvalue weighted by atomic mass is 9.97. The summed E-state index contributed by atoms with van der Waals surface area (Å²) in [5.74, 6) is 0.788. The van der Waals surface area contributed by atoms with E-state index in [1.54, 1.807) is 0 Å². The summed E-state index contributed by atoms with van der Waals surface area (Å²) >= 11 is 0. The van der Waals surface area contributed by atoms with E-state index in [9.17, 15) is 0 Å². The van der Waals surface area contributed by atoms with Gasteiger partial charge in [0, 0.05) is 37.1 Å². The molecule has 0 aromatic heterocycles. The van der Waals surface area contributed by atoms with Crippen LogP contribution in [-0.4, -0.2) is 30.6 Å². The molecule has 172 valence electrons. The van der Waals surface area contributed by atoms with Gasteiger partial charge < -0.3 is 15.5 Å². The van der Waals surface area contributed by atoms with E-state index in [0.29, 0.717) is 6.04 Å². The van der Waals surface area contributed by atoms with Crippen LogP contribution >= 0.6 is 0 Å². The van der Waals surface area contributed by atoms with Crippen LogP contribution in [0.25, 0.3) is 11.1 Å². The molecule has 1 aliphatic carbocycles. The molecule has 1 saturated carbocycles. The minimum Gasteiger partial charge on any atom is -0.405 e. The highest BCUT2D eigenvalue weighted by Gasteiger charge is 2.31. The average molecular weight is 432 g/mol. The highest BCUT2D eigenvalue weighted by atomic mass is 15.2. The van der Waals surface area contributed by atoms with E-state index in [-0.39, 0.29) is 0 Å². The van der Waals surface area contributed by atoms with Crippen LogP contribution in [0.2, 0.25) is 0 Å². The van der Waals surface area contributed by atoms with Crippen molar-refractivity contribution in [3.05, 3.63) is 78.6 Å². The van der Waals surface area contributed by atoms with Gasteiger partial charge in [0.2, 0.25) is 0 Å². The fourth-order valence-electron chi connectivity index (χ4n) is 4.78. The molecular formula is C29H41N3. The number of rotatable bonds is 7. The zero-order chi connectivity index (χ0) is 23.1. The van der Waals surface area contributed by atoms with Crippen molar-refractivity contribution in [2.75, 3.05) is 24.5 Å². The second-order valence-electron chi connectivity index (χ2n) is 9.28. The third-order valence-electron chi connectivity index (χ3n) is 6.73. The van der Waals surface area contributed by atoms with Gasteiger partial charge in [-0.2, -0.15) is 0 Å². The van der Waals surface area contributed by atoms with Crippen molar-refractivity contribution in [1.82, 2.24) is 4.90 Å². The van der Waals surface area contributed by atoms with Gasteiger partial charge in [-0.3, -0.25) is 0 Å². The molecule has 0 radical (unpaired) electrons. The minimum atomic E-state index is 0.643. The van der Waals surface area contributed by atoms with E-state index in [0.717, 1.165) is 12.5 Å². The largest absolute Gasteiger partial charge is 0.405 e. The van der Waals surface area contributed by atoms with Crippen LogP contribution in [0.3, 0.4) is 0 Å². The molecule has 3 heteroatoms. The first kappa shape index (κ1) is 24.0. The molecule has 0 spiro atoms. The minimum absolute atomic E-state index is 0.643. The van der Waals surface area contributed by atoms with Gasteiger partial charge in [0.1, 0.15) is 0 Å². The van der Waals surface area contributed by atoms with Gasteiger partial charge in [0.15, 0.2) is 0 Å². The number of likely N-dealkylation sites (tertiary alicyclic amines) is 1. The van der Waals surface area contributed by atoms with Crippen molar-refractivity contribution in [3.63, 3.8) is 0 Å². The Morgan fingerprint density at radius 2 is 1.69 bits per heavy atom. The summed E-state index contributed by atoms with van der Waals surface area (Å²) in [7, 11) is 0. The zero-order valence-corrected chi connectivity index (χ0v) is 20.3. The van der Waals surface area contributed by atoms with Gasteiger partial charge in [-0.15, -0.1) is 0 Å². The number of allylic oxidation sites excluding steroid dienone is 1. The van der Waals surface area contributed by atoms with Gasteiger partial charge in [-0.1, -0.05) is 56.0 Å². The van der Waals surface area contributed by atoms with E-state index in [1.165, 1.54) is 85.0 Å². The lowest BCUT2D eigenvalue weighted by Crippen LogP contribution is -2.45. The first-order valence-corrected chi connectivity index (χ1v) is 12.2. The predicted octanol–water partition coefficient (Wildman–Crippen LogP) is 6.66. The van der Waals surface area contributed by atoms with Crippen molar-refractivity contribution in [3.8, 4) is 11.1 Å². The summed E-state index contributed by atoms with van der Waals surface area (Å²) in [5, 5.41) is 0. The van der Waals surface area contributed by atoms with Gasteiger partial charge in [-0.05, 0) is 86.9 Å². The molecule has 2 aromatic carbocycles. The fourth-order valence-corrected chi connectivity index (χ4v) is 4.78. The van der Waals surface area contributed by atoms with Gasteiger partial charge in [-0.25, -0.2) is 0 Å². The molecule has 1 saturated heterocycles. The van der Waals surface area contributed by atoms with E-state index in [1.807, 2.05) is 0 Å². The number of nitrogens with two attached hydrogens (primary N) is 1. The summed E-state index contributed by atoms with van der Waals surface area (Å²) in [6.45, 7) is 17.6. The predicted molar refractivity (Wildman–Crippen MR) is 140 cm³/mol. The highest BCUT2D eigenvalue weighted by Crippen LogP contribution is 2.38. The van der Waals surface area contributed by atoms with Crippen molar-refractivity contribution in [2.24, 2.45) is 11.7 Å². The number of nitrogens with zero attached hydrogens (tertiary/aromatic N) is 2. The van der Waals surface area contributed by atoms with Crippen LogP contribution in [0.4, 0.5) is 5.69 Å². The maximum atomic E-state index is 4.61. The summed E-state index contributed by atoms with van der Waals surface area (Å²) in [5.41, 5.74) is 12.7. The first-order valence-electron chi connectivity index (χ1n) is 12.2. The quantitative estimate of drug-likeness (QED) is 0.532. The topological polar surface area (TPSA) is 32.5 Å². The highest BCUT2D eigenvalue weighted by molar-refractivity contribution is 5.70. The Labute approximate surface area is 195 Å². The number of piperidine rings is 1. The average Bonchev–Trinajstić information content (AvgIpc) is 3.65. The molecule has 0 unspecified atom stereocenters. The zero-order valence-electron chi connectivity index (χ0n) is 20.3. The van der Waals surface area contributed by atoms with Crippen molar-refractivity contribution in [2.45, 2.75) is 58.9 Å². The second-order valence-corrected chi connectivity index (χ2v) is 9.28. The van der Waals surface area contributed by atoms with Crippen LogP contribution in [0.1, 0.15) is 50.2 Å². The van der Waals surface area contributed by atoms with Crippen LogP contribution < -0.4 is 10.6 Å². The SMILES string of the molecule is C=C(C1CC1)N1CCC(N(CCC)c2ccc(-c3cc(C)ccc3C)cc2)CC1.C=CN. The van der Waals surface area contributed by atoms with Gasteiger partial charge >= 0.3 is 0 Å². The number of benzene rings is 2. The smallest absolute Gasteiger partial charge is 0.0369 e. The van der Waals surface area contributed by atoms with E-state index in [4.69, 9.17) is 0 Å². The molecule has 4 rings (SSSR count). The Bertz CT molecular complexity index is 887. The van der Waals surface area contributed by atoms with E-state index in [2.05, 4.69) is 91.9 Å². The van der Waals surface area contributed by atoms with E-state index >= 15 is 0 Å². The summed E-state index contributed by atoms with van der Waals surface area (Å²) in [4.78, 5) is 5.21. The Kier molecular flexibility index (Phi) is 8.44. The third-order valence-corrected chi connectivity index (χ3v) is 6.73. The fraction of sp³-hybridized carbons (Fsp3) is 0.448. The third kappa shape index (κ3) is 5.97. The molecular weight excluding hydrogens is 390 g/mol. The van der Waals surface area contributed by atoms with Gasteiger partial charge in [0.25, 0.3) is 0 Å². The first-order chi connectivity index (χ1) is 15.5. The Morgan fingerprint density at radius 3 is 2.25 bits per heavy atom. The van der Waals surface area contributed by atoms with Crippen LogP contribution in [0, 0.1) is 19.8 Å². The molecule has 2 aliphatic rings. The molecule has 1 aliphatic heterocycles. The maximum Gasteiger partial charge on any atom is 0.0369 e. The van der Waals surface area contributed by atoms with Crippen molar-refractivity contribution in [1.29, 1.82) is 0 Å². The van der Waals surface area contributed by atoms with Crippen LogP contribution in [-0.2, 0) is 0 Å². The lowest BCUT2D eigenvalue weighted by molar-refractivity contribution is 0.248. The number of anilines is 1. The number of aryl methyl sites for hydroxylation is 2. The molecule has 0 bridgehead atoms. The van der Waals surface area contributed by atoms with Crippen molar-refractivity contribution < 1.29 is 0 Å². The number of hydrogen-bond donors (Lipinski definition) is 1. The molecule has 2 fully saturated rings. The van der Waals surface area contributed by atoms with Crippen LogP contribution in [0.15, 0.2) is 67.5 Å². The molecule has 0 amide bonds. The number of hydrogen-bond acceptors (Lipinski definition) is 3. The molecule has 32 heavy (non-hydrogen) atoms. The molecule has 2 N–H and O–H groups in total. The van der Waals surface area contributed by atoms with E-state index < -0.39 is 0 Å². The normalized spacial score (nSPS) is 16.2. The molecule has 2 aromatic rings. The standard InChI is InChI=1S/C27H36N2.C2H5N/c1-5-16-29(26-14-17-28(18-15-26)22(4)23-8-9-23)25-12-10-24(11-13-25)27-19-20(2)6-7-21(27)3;1-2-3/h6-7,10-13,19,23,26H,4-5,8-9,14-18H2,1-3H3;2H,1,3H2. The summed E-state index contributed by atoms with van der Waals surface area (Å²) < 4.78 is 0. The monoisotopic (exact) mass is 431 g/mol. The summed E-state index contributed by atoms with van der Waals surface area (Å²) in [6.07, 6.45) is 7.63. The Hall–Kier alpha value is -2.68. The maximum absolute atomic E-state index is 4.61. The second kappa shape index (κ2) is 11.3. The van der Waals surface area contributed by atoms with Gasteiger partial charge in [0.05, 0.1) is 0 Å². The molecule has 1 heterocycles. The lowest BCUT2D eigenvalue weighted by Gasteiger charge is -2.41. The molecule has 3 nitrogen and oxygen atoms in total. The Balaban J connectivity index is 0.000000913. The molecule has 0 atom stereocenters. The Morgan fingerprint density at radius 1 is 1.06 bits per heavy atom. The van der Waals surface area contributed by atoms with Crippen molar-refractivity contribution >= 4 is 5.69 Å². The summed E-state index contributed by atoms with van der Waals surface area (Å²) in [6, 6.07) is 16.7.